The highest BCUT2D eigenvalue weighted by molar-refractivity contribution is 5.60. The predicted octanol–water partition coefficient (Wildman–Crippen LogP) is 3.98. The second-order valence-corrected chi connectivity index (χ2v) is 6.09. The second kappa shape index (κ2) is 14.8. The van der Waals surface area contributed by atoms with Crippen LogP contribution in [0.2, 0.25) is 0 Å². The van der Waals surface area contributed by atoms with Gasteiger partial charge in [0, 0.05) is 12.6 Å². The van der Waals surface area contributed by atoms with Crippen LogP contribution in [-0.4, -0.2) is 54.6 Å². The molecule has 0 rings (SSSR count). The van der Waals surface area contributed by atoms with Gasteiger partial charge in [-0.3, -0.25) is 4.90 Å². The Kier molecular flexibility index (Phi) is 14.2. The second-order valence-electron chi connectivity index (χ2n) is 6.09. The summed E-state index contributed by atoms with van der Waals surface area (Å²) in [6, 6.07) is 0.193. The molecule has 0 amide bonds. The molecule has 0 bridgehead atoms. The molecular formula is C18H37NO4. The average Bonchev–Trinajstić information content (AvgIpc) is 2.55. The fourth-order valence-electron chi connectivity index (χ4n) is 2.69. The first-order chi connectivity index (χ1) is 11.1. The summed E-state index contributed by atoms with van der Waals surface area (Å²) in [6.45, 7) is 10.8. The first kappa shape index (κ1) is 22.2. The van der Waals surface area contributed by atoms with E-state index in [9.17, 15) is 4.79 Å². The molecule has 0 aliphatic heterocycles. The van der Waals surface area contributed by atoms with E-state index in [0.717, 1.165) is 32.4 Å². The Bertz CT molecular complexity index is 282. The third-order valence-corrected chi connectivity index (χ3v) is 4.20. The van der Waals surface area contributed by atoms with Gasteiger partial charge in [0.15, 0.2) is 0 Å². The largest absolute Gasteiger partial charge is 0.508 e. The minimum absolute atomic E-state index is 0.128. The number of rotatable bonds is 14. The first-order valence-electron chi connectivity index (χ1n) is 9.27. The van der Waals surface area contributed by atoms with Gasteiger partial charge in [-0.15, -0.1) is 0 Å². The number of unbranched alkanes of at least 4 members (excludes halogenated alkanes) is 3. The van der Waals surface area contributed by atoms with Gasteiger partial charge in [-0.2, -0.15) is 0 Å². The van der Waals surface area contributed by atoms with Crippen LogP contribution in [0.3, 0.4) is 0 Å². The summed E-state index contributed by atoms with van der Waals surface area (Å²) >= 11 is 0. The molecule has 138 valence electrons. The molecule has 2 unspecified atom stereocenters. The van der Waals surface area contributed by atoms with Gasteiger partial charge in [0.05, 0.1) is 0 Å². The van der Waals surface area contributed by atoms with Gasteiger partial charge in [-0.1, -0.05) is 40.0 Å². The number of ether oxygens (including phenoxy) is 2. The van der Waals surface area contributed by atoms with Crippen LogP contribution in [0.1, 0.15) is 72.6 Å². The average molecular weight is 331 g/mol. The fraction of sp³-hybridized carbons (Fsp3) is 0.944. The van der Waals surface area contributed by atoms with Gasteiger partial charge < -0.3 is 14.6 Å². The quantitative estimate of drug-likeness (QED) is 0.385. The van der Waals surface area contributed by atoms with E-state index in [0.29, 0.717) is 19.4 Å². The van der Waals surface area contributed by atoms with Crippen LogP contribution in [0.4, 0.5) is 4.79 Å². The van der Waals surface area contributed by atoms with Crippen molar-refractivity contribution >= 4 is 6.16 Å². The molecule has 5 nitrogen and oxygen atoms in total. The third kappa shape index (κ3) is 11.4. The number of aliphatic hydroxyl groups excluding tert-OH is 1. The lowest BCUT2D eigenvalue weighted by molar-refractivity contribution is 0.00307. The van der Waals surface area contributed by atoms with Crippen LogP contribution >= 0.6 is 0 Å². The van der Waals surface area contributed by atoms with E-state index < -0.39 is 6.16 Å². The molecule has 0 aromatic rings. The molecule has 0 saturated carbocycles. The normalized spacial score (nSPS) is 13.8. The summed E-state index contributed by atoms with van der Waals surface area (Å²) < 4.78 is 10.7. The molecule has 0 saturated heterocycles. The Labute approximate surface area is 142 Å². The summed E-state index contributed by atoms with van der Waals surface area (Å²) in [6.07, 6.45) is 6.08. The van der Waals surface area contributed by atoms with E-state index in [-0.39, 0.29) is 18.8 Å². The van der Waals surface area contributed by atoms with E-state index in [1.54, 1.807) is 0 Å². The van der Waals surface area contributed by atoms with Gasteiger partial charge >= 0.3 is 6.16 Å². The van der Waals surface area contributed by atoms with Gasteiger partial charge in [0.1, 0.15) is 12.7 Å². The lowest BCUT2D eigenvalue weighted by Gasteiger charge is -2.26. The number of carbonyl (C=O) groups excluding carboxylic acids is 1. The molecule has 0 aromatic carbocycles. The summed E-state index contributed by atoms with van der Waals surface area (Å²) in [5.41, 5.74) is 0. The van der Waals surface area contributed by atoms with Gasteiger partial charge in [-0.25, -0.2) is 4.79 Å². The molecule has 0 spiro atoms. The minimum Gasteiger partial charge on any atom is -0.433 e. The zero-order valence-corrected chi connectivity index (χ0v) is 15.6. The van der Waals surface area contributed by atoms with Gasteiger partial charge in [0.2, 0.25) is 0 Å². The van der Waals surface area contributed by atoms with E-state index in [1.807, 2.05) is 6.92 Å². The van der Waals surface area contributed by atoms with E-state index >= 15 is 0 Å². The number of likely N-dealkylation sites (N-methyl/N-ethyl adjacent to an activating group) is 1. The van der Waals surface area contributed by atoms with Crippen molar-refractivity contribution in [1.29, 1.82) is 0 Å². The molecule has 23 heavy (non-hydrogen) atoms. The van der Waals surface area contributed by atoms with E-state index in [1.165, 1.54) is 12.8 Å². The number of aliphatic hydroxyl groups is 1. The van der Waals surface area contributed by atoms with Crippen LogP contribution in [0.5, 0.6) is 0 Å². The molecule has 2 atom stereocenters. The summed E-state index contributed by atoms with van der Waals surface area (Å²) in [4.78, 5) is 14.1. The fourth-order valence-corrected chi connectivity index (χ4v) is 2.69. The Morgan fingerprint density at radius 1 is 1.04 bits per heavy atom. The summed E-state index contributed by atoms with van der Waals surface area (Å²) in [5, 5.41) is 8.97. The monoisotopic (exact) mass is 331 g/mol. The van der Waals surface area contributed by atoms with Crippen molar-refractivity contribution < 1.29 is 19.4 Å². The molecule has 0 aliphatic rings. The third-order valence-electron chi connectivity index (χ3n) is 4.20. The number of hydrogen-bond donors (Lipinski definition) is 1. The topological polar surface area (TPSA) is 59.0 Å². The van der Waals surface area contributed by atoms with Crippen LogP contribution in [0, 0.1) is 0 Å². The molecule has 0 radical (unpaired) electrons. The van der Waals surface area contributed by atoms with Gasteiger partial charge in [-0.05, 0) is 45.7 Å². The summed E-state index contributed by atoms with van der Waals surface area (Å²) in [5.74, 6) is 0. The SMILES string of the molecule is CCCCCCC(CCCO)OC(=O)OCC(C)N(CC)CC. The van der Waals surface area contributed by atoms with Crippen molar-refractivity contribution in [1.82, 2.24) is 4.90 Å². The van der Waals surface area contributed by atoms with Crippen LogP contribution in [-0.2, 0) is 9.47 Å². The Hall–Kier alpha value is -0.810. The van der Waals surface area contributed by atoms with Crippen molar-refractivity contribution in [2.45, 2.75) is 84.8 Å². The number of hydrogen-bond acceptors (Lipinski definition) is 5. The molecule has 0 aromatic heterocycles. The number of nitrogens with zero attached hydrogens (tertiary/aromatic N) is 1. The smallest absolute Gasteiger partial charge is 0.433 e. The highest BCUT2D eigenvalue weighted by atomic mass is 16.7. The van der Waals surface area contributed by atoms with Gasteiger partial charge in [0.25, 0.3) is 0 Å². The highest BCUT2D eigenvalue weighted by Crippen LogP contribution is 2.14. The molecule has 0 aliphatic carbocycles. The van der Waals surface area contributed by atoms with Crippen molar-refractivity contribution in [3.05, 3.63) is 0 Å². The van der Waals surface area contributed by atoms with E-state index in [4.69, 9.17) is 14.6 Å². The summed E-state index contributed by atoms with van der Waals surface area (Å²) in [7, 11) is 0. The molecule has 5 heteroatoms. The first-order valence-corrected chi connectivity index (χ1v) is 9.27. The highest BCUT2D eigenvalue weighted by Gasteiger charge is 2.17. The van der Waals surface area contributed by atoms with Crippen LogP contribution in [0.25, 0.3) is 0 Å². The number of carbonyl (C=O) groups is 1. The maximum Gasteiger partial charge on any atom is 0.508 e. The van der Waals surface area contributed by atoms with Crippen molar-refractivity contribution in [3.8, 4) is 0 Å². The molecule has 0 heterocycles. The lowest BCUT2D eigenvalue weighted by Crippen LogP contribution is -2.37. The maximum atomic E-state index is 11.9. The van der Waals surface area contributed by atoms with Crippen LogP contribution in [0.15, 0.2) is 0 Å². The van der Waals surface area contributed by atoms with Crippen molar-refractivity contribution in [2.24, 2.45) is 0 Å². The molecule has 0 fully saturated rings. The Morgan fingerprint density at radius 3 is 2.26 bits per heavy atom. The standard InChI is InChI=1S/C18H37NO4/c1-5-8-9-10-12-17(13-11-14-20)23-18(21)22-15-16(4)19(6-2)7-3/h16-17,20H,5-15H2,1-4H3. The maximum absolute atomic E-state index is 11.9. The Balaban J connectivity index is 4.14. The zero-order valence-electron chi connectivity index (χ0n) is 15.6. The Morgan fingerprint density at radius 2 is 1.70 bits per heavy atom. The van der Waals surface area contributed by atoms with Crippen molar-refractivity contribution in [3.63, 3.8) is 0 Å². The molecule has 1 N–H and O–H groups in total. The van der Waals surface area contributed by atoms with Crippen molar-refractivity contribution in [2.75, 3.05) is 26.3 Å². The zero-order chi connectivity index (χ0) is 17.5. The minimum atomic E-state index is -0.581. The van der Waals surface area contributed by atoms with Crippen LogP contribution < -0.4 is 0 Å². The van der Waals surface area contributed by atoms with E-state index in [2.05, 4.69) is 25.7 Å². The predicted molar refractivity (Wildman–Crippen MR) is 93.7 cm³/mol. The molecular weight excluding hydrogens is 294 g/mol. The lowest BCUT2D eigenvalue weighted by atomic mass is 10.1.